The highest BCUT2D eigenvalue weighted by molar-refractivity contribution is 4.94. The molecule has 0 aromatic heterocycles. The molecule has 2 heterocycles. The molecule has 2 aliphatic rings. The van der Waals surface area contributed by atoms with E-state index in [2.05, 4.69) is 25.9 Å². The second-order valence-electron chi connectivity index (χ2n) is 11.0. The quantitative estimate of drug-likeness (QED) is 0.178. The van der Waals surface area contributed by atoms with Crippen LogP contribution >= 0.6 is 0 Å². The number of fused-ring (bicyclic) bond motifs is 1. The molecular weight excluding hydrogens is 430 g/mol. The zero-order valence-corrected chi connectivity index (χ0v) is 23.0. The molecule has 2 rings (SSSR count). The fourth-order valence-electron chi connectivity index (χ4n) is 4.90. The van der Waals surface area contributed by atoms with Crippen LogP contribution in [0.4, 0.5) is 0 Å². The Morgan fingerprint density at radius 2 is 1.32 bits per heavy atom. The fraction of sp³-hybridized carbons (Fsp3) is 1.00. The normalized spacial score (nSPS) is 25.9. The number of ether oxygens (including phenoxy) is 5. The molecule has 0 bridgehead atoms. The van der Waals surface area contributed by atoms with Crippen molar-refractivity contribution in [1.82, 2.24) is 4.90 Å². The first-order chi connectivity index (χ1) is 16.4. The Kier molecular flexibility index (Phi) is 15.2. The third-order valence-electron chi connectivity index (χ3n) is 6.82. The van der Waals surface area contributed by atoms with Gasteiger partial charge in [0.15, 0.2) is 12.1 Å². The lowest BCUT2D eigenvalue weighted by molar-refractivity contribution is -0.223. The van der Waals surface area contributed by atoms with Crippen molar-refractivity contribution >= 4 is 0 Å². The van der Waals surface area contributed by atoms with E-state index in [0.717, 1.165) is 32.6 Å². The van der Waals surface area contributed by atoms with Gasteiger partial charge >= 0.3 is 0 Å². The van der Waals surface area contributed by atoms with Crippen LogP contribution in [0.5, 0.6) is 0 Å². The summed E-state index contributed by atoms with van der Waals surface area (Å²) < 4.78 is 30.4. The maximum absolute atomic E-state index is 6.30. The van der Waals surface area contributed by atoms with Crippen molar-refractivity contribution in [3.63, 3.8) is 0 Å². The van der Waals surface area contributed by atoms with Crippen molar-refractivity contribution in [3.8, 4) is 0 Å². The Morgan fingerprint density at radius 1 is 0.735 bits per heavy atom. The summed E-state index contributed by atoms with van der Waals surface area (Å²) in [6.07, 6.45) is 17.8. The molecule has 0 aliphatic carbocycles. The summed E-state index contributed by atoms with van der Waals surface area (Å²) in [6.45, 7) is 9.18. The summed E-state index contributed by atoms with van der Waals surface area (Å²) >= 11 is 0. The predicted molar refractivity (Wildman–Crippen MR) is 138 cm³/mol. The summed E-state index contributed by atoms with van der Waals surface area (Å²) in [7, 11) is 4.16. The number of rotatable bonds is 21. The summed E-state index contributed by atoms with van der Waals surface area (Å²) in [5.74, 6) is -0.621. The minimum absolute atomic E-state index is 0.127. The molecular formula is C28H55NO5. The highest BCUT2D eigenvalue weighted by atomic mass is 16.8. The van der Waals surface area contributed by atoms with Crippen molar-refractivity contribution in [2.45, 2.75) is 141 Å². The first kappa shape index (κ1) is 30.0. The minimum atomic E-state index is -0.621. The molecule has 2 aliphatic heterocycles. The standard InChI is InChI=1S/C28H55NO5/c1-6-7-8-9-10-11-12-13-14-15-16-17-18-22-31-25-24(23-30-21-19-20-29(4)5)32-27-26(25)33-28(2,3)34-27/h24-27H,6-23H2,1-5H3/t24-,25+,26-,27-/m1/s1. The maximum Gasteiger partial charge on any atom is 0.190 e. The lowest BCUT2D eigenvalue weighted by Crippen LogP contribution is -2.39. The first-order valence-corrected chi connectivity index (χ1v) is 14.3. The topological polar surface area (TPSA) is 49.4 Å². The molecule has 34 heavy (non-hydrogen) atoms. The van der Waals surface area contributed by atoms with E-state index in [1.807, 2.05) is 13.8 Å². The van der Waals surface area contributed by atoms with Gasteiger partial charge < -0.3 is 28.6 Å². The highest BCUT2D eigenvalue weighted by Gasteiger charge is 2.55. The molecule has 2 saturated heterocycles. The van der Waals surface area contributed by atoms with Crippen molar-refractivity contribution < 1.29 is 23.7 Å². The predicted octanol–water partition coefficient (Wildman–Crippen LogP) is 6.31. The van der Waals surface area contributed by atoms with Gasteiger partial charge in [-0.05, 0) is 47.3 Å². The van der Waals surface area contributed by atoms with Crippen molar-refractivity contribution in [2.24, 2.45) is 0 Å². The molecule has 0 saturated carbocycles. The van der Waals surface area contributed by atoms with Crippen LogP contribution in [0.25, 0.3) is 0 Å². The zero-order valence-electron chi connectivity index (χ0n) is 23.0. The largest absolute Gasteiger partial charge is 0.379 e. The van der Waals surface area contributed by atoms with Crippen LogP contribution in [0.3, 0.4) is 0 Å². The lowest BCUT2D eigenvalue weighted by atomic mass is 10.0. The van der Waals surface area contributed by atoms with Crippen LogP contribution in [0, 0.1) is 0 Å². The van der Waals surface area contributed by atoms with Gasteiger partial charge in [-0.2, -0.15) is 0 Å². The van der Waals surface area contributed by atoms with Gasteiger partial charge in [-0.3, -0.25) is 0 Å². The van der Waals surface area contributed by atoms with Crippen LogP contribution in [0.15, 0.2) is 0 Å². The van der Waals surface area contributed by atoms with E-state index in [-0.39, 0.29) is 24.6 Å². The van der Waals surface area contributed by atoms with E-state index in [1.165, 1.54) is 77.0 Å². The van der Waals surface area contributed by atoms with Gasteiger partial charge in [-0.15, -0.1) is 0 Å². The molecule has 0 aromatic rings. The van der Waals surface area contributed by atoms with Gasteiger partial charge in [0, 0.05) is 13.2 Å². The monoisotopic (exact) mass is 485 g/mol. The van der Waals surface area contributed by atoms with Crippen LogP contribution in [-0.2, 0) is 23.7 Å². The molecule has 6 heteroatoms. The van der Waals surface area contributed by atoms with E-state index in [0.29, 0.717) is 6.61 Å². The van der Waals surface area contributed by atoms with Gasteiger partial charge in [0.05, 0.1) is 6.61 Å². The van der Waals surface area contributed by atoms with E-state index in [9.17, 15) is 0 Å². The number of hydrogen-bond donors (Lipinski definition) is 0. The summed E-state index contributed by atoms with van der Waals surface area (Å²) in [5, 5.41) is 0. The van der Waals surface area contributed by atoms with E-state index >= 15 is 0 Å². The highest BCUT2D eigenvalue weighted by Crippen LogP contribution is 2.38. The second-order valence-corrected chi connectivity index (χ2v) is 11.0. The number of nitrogens with zero attached hydrogens (tertiary/aromatic N) is 1. The van der Waals surface area contributed by atoms with E-state index in [1.54, 1.807) is 0 Å². The van der Waals surface area contributed by atoms with Gasteiger partial charge in [0.25, 0.3) is 0 Å². The molecule has 0 amide bonds. The Labute approximate surface area is 210 Å². The average Bonchev–Trinajstić information content (AvgIpc) is 3.24. The first-order valence-electron chi connectivity index (χ1n) is 14.3. The Morgan fingerprint density at radius 3 is 1.91 bits per heavy atom. The van der Waals surface area contributed by atoms with Crippen LogP contribution in [0.2, 0.25) is 0 Å². The molecule has 0 unspecified atom stereocenters. The maximum atomic E-state index is 6.30. The molecule has 0 radical (unpaired) electrons. The van der Waals surface area contributed by atoms with Gasteiger partial charge in [0.2, 0.25) is 0 Å². The second kappa shape index (κ2) is 17.3. The minimum Gasteiger partial charge on any atom is -0.379 e. The summed E-state index contributed by atoms with van der Waals surface area (Å²) in [5.41, 5.74) is 0. The van der Waals surface area contributed by atoms with Crippen LogP contribution in [0.1, 0.15) is 111 Å². The average molecular weight is 486 g/mol. The van der Waals surface area contributed by atoms with E-state index < -0.39 is 5.79 Å². The Hall–Kier alpha value is -0.240. The molecule has 0 spiro atoms. The van der Waals surface area contributed by atoms with Crippen molar-refractivity contribution in [1.29, 1.82) is 0 Å². The molecule has 0 aromatic carbocycles. The Bertz CT molecular complexity index is 501. The van der Waals surface area contributed by atoms with Gasteiger partial charge in [0.1, 0.15) is 18.3 Å². The molecule has 6 nitrogen and oxygen atoms in total. The van der Waals surface area contributed by atoms with Crippen LogP contribution < -0.4 is 0 Å². The van der Waals surface area contributed by atoms with E-state index in [4.69, 9.17) is 23.7 Å². The molecule has 202 valence electrons. The van der Waals surface area contributed by atoms with Gasteiger partial charge in [-0.25, -0.2) is 0 Å². The van der Waals surface area contributed by atoms with Crippen molar-refractivity contribution in [2.75, 3.05) is 40.5 Å². The summed E-state index contributed by atoms with van der Waals surface area (Å²) in [4.78, 5) is 2.17. The zero-order chi connectivity index (χ0) is 24.7. The SMILES string of the molecule is CCCCCCCCCCCCCCCO[C@@H]1[C@H]2OC(C)(C)O[C@H]2O[C@@H]1COCCCN(C)C. The Balaban J connectivity index is 1.54. The fourth-order valence-corrected chi connectivity index (χ4v) is 4.90. The smallest absolute Gasteiger partial charge is 0.190 e. The third-order valence-corrected chi connectivity index (χ3v) is 6.82. The third kappa shape index (κ3) is 12.1. The number of unbranched alkanes of at least 4 members (excludes halogenated alkanes) is 12. The molecule has 2 fully saturated rings. The summed E-state index contributed by atoms with van der Waals surface area (Å²) in [6, 6.07) is 0. The van der Waals surface area contributed by atoms with Crippen molar-refractivity contribution in [3.05, 3.63) is 0 Å². The number of hydrogen-bond acceptors (Lipinski definition) is 6. The molecule has 0 N–H and O–H groups in total. The lowest BCUT2D eigenvalue weighted by Gasteiger charge is -2.26. The van der Waals surface area contributed by atoms with Crippen LogP contribution in [-0.4, -0.2) is 75.7 Å². The van der Waals surface area contributed by atoms with Gasteiger partial charge in [-0.1, -0.05) is 84.0 Å². The molecule has 4 atom stereocenters.